The highest BCUT2D eigenvalue weighted by Crippen LogP contribution is 2.33. The van der Waals surface area contributed by atoms with Gasteiger partial charge in [0.05, 0.1) is 38.5 Å². The zero-order valence-electron chi connectivity index (χ0n) is 15.1. The van der Waals surface area contributed by atoms with Crippen molar-refractivity contribution in [3.05, 3.63) is 29.7 Å². The number of aromatic hydroxyl groups is 1. The molecule has 1 aromatic carbocycles. The Balaban J connectivity index is 0.000000320. The maximum atomic E-state index is 12.1. The van der Waals surface area contributed by atoms with Crippen LogP contribution in [0.25, 0.3) is 6.08 Å². The second kappa shape index (κ2) is 11.1. The van der Waals surface area contributed by atoms with Gasteiger partial charge in [-0.25, -0.2) is 0 Å². The van der Waals surface area contributed by atoms with Gasteiger partial charge in [0.25, 0.3) is 5.91 Å². The number of carbonyl (C=O) groups excluding carboxylic acids is 1. The molecular weight excluding hydrogens is 608 g/mol. The van der Waals surface area contributed by atoms with E-state index in [2.05, 4.69) is 60.4 Å². The number of thioether (sulfide) groups is 1. The molecule has 0 atom stereocenters. The fraction of sp³-hybridized carbons (Fsp3) is 0.444. The molecule has 1 aromatic rings. The molecule has 0 radical (unpaired) electrons. The van der Waals surface area contributed by atoms with Crippen molar-refractivity contribution in [1.29, 1.82) is 0 Å². The molecule has 4 rings (SSSR count). The molecule has 2 saturated heterocycles. The van der Waals surface area contributed by atoms with Gasteiger partial charge >= 0.3 is 0 Å². The van der Waals surface area contributed by atoms with E-state index in [0.29, 0.717) is 18.1 Å². The molecule has 7 nitrogen and oxygen atoms in total. The Hall–Kier alpha value is -0.410. The van der Waals surface area contributed by atoms with Crippen molar-refractivity contribution in [3.8, 4) is 5.75 Å². The first kappa shape index (κ1) is 22.3. The molecule has 0 unspecified atom stereocenters. The van der Waals surface area contributed by atoms with E-state index in [-0.39, 0.29) is 11.7 Å². The number of rotatable bonds is 1. The van der Waals surface area contributed by atoms with Crippen molar-refractivity contribution in [2.45, 2.75) is 0 Å². The van der Waals surface area contributed by atoms with Crippen LogP contribution in [-0.2, 0) is 14.3 Å². The summed E-state index contributed by atoms with van der Waals surface area (Å²) in [4.78, 5) is 18.9. The molecule has 3 aliphatic rings. The average Bonchev–Trinajstić information content (AvgIpc) is 3.09. The second-order valence-corrected chi connectivity index (χ2v) is 9.44. The lowest BCUT2D eigenvalue weighted by Gasteiger charge is -2.27. The predicted octanol–water partition coefficient (Wildman–Crippen LogP) is 2.51. The van der Waals surface area contributed by atoms with E-state index in [4.69, 9.17) is 9.47 Å². The van der Waals surface area contributed by atoms with Gasteiger partial charge in [-0.05, 0) is 80.7 Å². The average molecular weight is 629 g/mol. The number of aliphatic imine (C=N–C) groups is 1. The van der Waals surface area contributed by atoms with E-state index >= 15 is 0 Å². The molecule has 1 amide bonds. The summed E-state index contributed by atoms with van der Waals surface area (Å²) in [5.74, 6) is 0.0728. The van der Waals surface area contributed by atoms with Gasteiger partial charge in [0.15, 0.2) is 5.17 Å². The van der Waals surface area contributed by atoms with Crippen molar-refractivity contribution in [3.63, 3.8) is 0 Å². The summed E-state index contributed by atoms with van der Waals surface area (Å²) >= 11 is 5.56. The highest BCUT2D eigenvalue weighted by Gasteiger charge is 2.27. The van der Waals surface area contributed by atoms with Crippen LogP contribution in [0.5, 0.6) is 5.75 Å². The molecule has 0 saturated carbocycles. The second-order valence-electron chi connectivity index (χ2n) is 6.11. The molecule has 3 aliphatic heterocycles. The highest BCUT2D eigenvalue weighted by atomic mass is 127. The van der Waals surface area contributed by atoms with Crippen molar-refractivity contribution in [1.82, 2.24) is 10.2 Å². The number of halogens is 2. The number of ether oxygens (including phenoxy) is 2. The minimum Gasteiger partial charge on any atom is -0.506 e. The lowest BCUT2D eigenvalue weighted by atomic mass is 10.2. The quantitative estimate of drug-likeness (QED) is 0.365. The highest BCUT2D eigenvalue weighted by molar-refractivity contribution is 14.1. The van der Waals surface area contributed by atoms with Crippen LogP contribution in [0.3, 0.4) is 0 Å². The summed E-state index contributed by atoms with van der Waals surface area (Å²) in [6.07, 6.45) is 1.83. The number of morpholine rings is 2. The van der Waals surface area contributed by atoms with Gasteiger partial charge in [0, 0.05) is 26.2 Å². The van der Waals surface area contributed by atoms with Gasteiger partial charge in [0.2, 0.25) is 0 Å². The summed E-state index contributed by atoms with van der Waals surface area (Å²) in [7, 11) is 0. The Morgan fingerprint density at radius 2 is 1.71 bits per heavy atom. The zero-order chi connectivity index (χ0) is 19.9. The molecule has 0 aromatic heterocycles. The number of benzene rings is 1. The Bertz CT molecular complexity index is 744. The molecule has 0 bridgehead atoms. The molecule has 0 aliphatic carbocycles. The van der Waals surface area contributed by atoms with Crippen molar-refractivity contribution in [2.75, 3.05) is 52.6 Å². The van der Waals surface area contributed by atoms with Crippen molar-refractivity contribution in [2.24, 2.45) is 4.99 Å². The van der Waals surface area contributed by atoms with E-state index in [1.807, 2.05) is 18.2 Å². The van der Waals surface area contributed by atoms with E-state index < -0.39 is 0 Å². The summed E-state index contributed by atoms with van der Waals surface area (Å²) < 4.78 is 11.9. The third-order valence-corrected chi connectivity index (χ3v) is 6.76. The van der Waals surface area contributed by atoms with Crippen LogP contribution < -0.4 is 5.32 Å². The van der Waals surface area contributed by atoms with Crippen LogP contribution >= 0.6 is 56.9 Å². The minimum atomic E-state index is -0.204. The summed E-state index contributed by atoms with van der Waals surface area (Å²) in [5.41, 5.74) is 0.890. The third kappa shape index (κ3) is 6.29. The molecule has 28 heavy (non-hydrogen) atoms. The number of phenols is 1. The van der Waals surface area contributed by atoms with Gasteiger partial charge in [-0.3, -0.25) is 4.79 Å². The summed E-state index contributed by atoms with van der Waals surface area (Å²) in [6, 6.07) is 3.71. The van der Waals surface area contributed by atoms with Crippen LogP contribution in [0.15, 0.2) is 22.0 Å². The van der Waals surface area contributed by atoms with Gasteiger partial charge in [-0.15, -0.1) is 0 Å². The fourth-order valence-corrected chi connectivity index (χ4v) is 5.40. The van der Waals surface area contributed by atoms with Gasteiger partial charge in [-0.1, -0.05) is 0 Å². The lowest BCUT2D eigenvalue weighted by Crippen LogP contribution is -2.38. The molecule has 0 spiro atoms. The van der Waals surface area contributed by atoms with Crippen LogP contribution in [0, 0.1) is 7.14 Å². The Morgan fingerprint density at radius 3 is 2.25 bits per heavy atom. The standard InChI is InChI=1S/C14H12I2N2O3S.C4H9NO/c15-9-5-8(6-10(16)12(9)19)7-11-13(20)17-14(22-11)18-1-3-21-4-2-18;1-3-6-4-2-5-1/h5-7,19H,1-4H2;5H,1-4H2. The molecule has 10 heteroatoms. The minimum absolute atomic E-state index is 0.204. The summed E-state index contributed by atoms with van der Waals surface area (Å²) in [5, 5.41) is 13.7. The topological polar surface area (TPSA) is 83.4 Å². The number of nitrogens with one attached hydrogen (secondary N) is 1. The predicted molar refractivity (Wildman–Crippen MR) is 128 cm³/mol. The van der Waals surface area contributed by atoms with Crippen LogP contribution in [0.4, 0.5) is 0 Å². The van der Waals surface area contributed by atoms with Gasteiger partial charge in [-0.2, -0.15) is 4.99 Å². The Morgan fingerprint density at radius 1 is 1.11 bits per heavy atom. The summed E-state index contributed by atoms with van der Waals surface area (Å²) in [6.45, 7) is 6.70. The number of hydrogen-bond acceptors (Lipinski definition) is 7. The first-order valence-corrected chi connectivity index (χ1v) is 11.8. The van der Waals surface area contributed by atoms with Crippen LogP contribution in [-0.4, -0.2) is 73.7 Å². The Kier molecular flexibility index (Phi) is 8.84. The van der Waals surface area contributed by atoms with Crippen molar-refractivity contribution >= 4 is 74.1 Å². The first-order valence-electron chi connectivity index (χ1n) is 8.86. The number of nitrogens with zero attached hydrogens (tertiary/aromatic N) is 2. The number of hydrogen-bond donors (Lipinski definition) is 2. The number of amidine groups is 1. The lowest BCUT2D eigenvalue weighted by molar-refractivity contribution is -0.113. The maximum Gasteiger partial charge on any atom is 0.286 e. The third-order valence-electron chi connectivity index (χ3n) is 4.07. The fourth-order valence-electron chi connectivity index (χ4n) is 2.62. The molecule has 3 heterocycles. The van der Waals surface area contributed by atoms with Gasteiger partial charge < -0.3 is 24.8 Å². The number of phenolic OH excluding ortho intramolecular Hbond substituents is 1. The smallest absolute Gasteiger partial charge is 0.286 e. The Labute approximate surface area is 195 Å². The van der Waals surface area contributed by atoms with Gasteiger partial charge in [0.1, 0.15) is 5.75 Å². The monoisotopic (exact) mass is 629 g/mol. The molecule has 2 N–H and O–H groups in total. The van der Waals surface area contributed by atoms with E-state index in [1.54, 1.807) is 0 Å². The molecule has 2 fully saturated rings. The van der Waals surface area contributed by atoms with Crippen molar-refractivity contribution < 1.29 is 19.4 Å². The first-order chi connectivity index (χ1) is 13.5. The van der Waals surface area contributed by atoms with Crippen LogP contribution in [0.2, 0.25) is 0 Å². The van der Waals surface area contributed by atoms with E-state index in [0.717, 1.165) is 57.3 Å². The molecule has 152 valence electrons. The van der Waals surface area contributed by atoms with E-state index in [1.165, 1.54) is 11.8 Å². The number of carbonyl (C=O) groups is 1. The normalized spacial score (nSPS) is 21.4. The zero-order valence-corrected chi connectivity index (χ0v) is 20.3. The number of amides is 1. The van der Waals surface area contributed by atoms with Crippen LogP contribution in [0.1, 0.15) is 5.56 Å². The largest absolute Gasteiger partial charge is 0.506 e. The van der Waals surface area contributed by atoms with E-state index in [9.17, 15) is 9.90 Å². The SMILES string of the molecule is C1COCCN1.O=C1N=C(N2CCOCC2)SC1=Cc1cc(I)c(O)c(I)c1. The molecular formula is C18H21I2N3O4S. The maximum absolute atomic E-state index is 12.1.